The molecule has 2 heteroatoms. The van der Waals surface area contributed by atoms with Crippen molar-refractivity contribution in [2.24, 2.45) is 5.92 Å². The van der Waals surface area contributed by atoms with Crippen LogP contribution in [0.2, 0.25) is 0 Å². The Labute approximate surface area is 74.3 Å². The quantitative estimate of drug-likeness (QED) is 0.595. The highest BCUT2D eigenvalue weighted by Crippen LogP contribution is 2.27. The zero-order valence-electron chi connectivity index (χ0n) is 8.01. The maximum atomic E-state index is 10.7. The standard InChI is InChI=1S/C10H18O2/c1-8(12-9(2)11)10-6-4-3-5-7-10/h8,10H,3-7H2,1-2H3/t8-/m1/s1. The second-order valence-corrected chi connectivity index (χ2v) is 3.71. The molecule has 0 bridgehead atoms. The van der Waals surface area contributed by atoms with Gasteiger partial charge in [-0.3, -0.25) is 4.79 Å². The molecule has 0 radical (unpaired) electrons. The van der Waals surface area contributed by atoms with Gasteiger partial charge in [-0.1, -0.05) is 19.3 Å². The van der Waals surface area contributed by atoms with Crippen LogP contribution in [-0.2, 0) is 9.53 Å². The van der Waals surface area contributed by atoms with Crippen LogP contribution in [0.15, 0.2) is 0 Å². The molecule has 1 aliphatic rings. The molecule has 1 rings (SSSR count). The molecule has 0 aromatic carbocycles. The lowest BCUT2D eigenvalue weighted by Gasteiger charge is -2.26. The van der Waals surface area contributed by atoms with E-state index in [1.54, 1.807) is 0 Å². The van der Waals surface area contributed by atoms with Crippen LogP contribution in [-0.4, -0.2) is 12.1 Å². The summed E-state index contributed by atoms with van der Waals surface area (Å²) in [6, 6.07) is 0. The number of esters is 1. The molecule has 70 valence electrons. The molecule has 1 atom stereocenters. The molecule has 0 aromatic heterocycles. The van der Waals surface area contributed by atoms with E-state index in [9.17, 15) is 4.79 Å². The number of ether oxygens (including phenoxy) is 1. The minimum atomic E-state index is -0.145. The molecule has 0 unspecified atom stereocenters. The van der Waals surface area contributed by atoms with Crippen molar-refractivity contribution in [3.8, 4) is 0 Å². The summed E-state index contributed by atoms with van der Waals surface area (Å²) in [6.07, 6.45) is 6.54. The van der Waals surface area contributed by atoms with Crippen molar-refractivity contribution in [3.63, 3.8) is 0 Å². The van der Waals surface area contributed by atoms with Gasteiger partial charge in [0.15, 0.2) is 0 Å². The lowest BCUT2D eigenvalue weighted by Crippen LogP contribution is -2.24. The largest absolute Gasteiger partial charge is 0.463 e. The molecule has 1 saturated carbocycles. The zero-order chi connectivity index (χ0) is 8.97. The predicted octanol–water partition coefficient (Wildman–Crippen LogP) is 2.52. The molecule has 0 heterocycles. The molecule has 0 saturated heterocycles. The summed E-state index contributed by atoms with van der Waals surface area (Å²) in [5.74, 6) is 0.468. The Hall–Kier alpha value is -0.530. The van der Waals surface area contributed by atoms with Gasteiger partial charge < -0.3 is 4.74 Å². The van der Waals surface area contributed by atoms with Gasteiger partial charge in [0.1, 0.15) is 6.10 Å². The smallest absolute Gasteiger partial charge is 0.302 e. The molecule has 12 heavy (non-hydrogen) atoms. The third-order valence-corrected chi connectivity index (χ3v) is 2.67. The van der Waals surface area contributed by atoms with E-state index < -0.39 is 0 Å². The van der Waals surface area contributed by atoms with Crippen molar-refractivity contribution in [2.75, 3.05) is 0 Å². The van der Waals surface area contributed by atoms with E-state index in [1.807, 2.05) is 6.92 Å². The van der Waals surface area contributed by atoms with Crippen molar-refractivity contribution >= 4 is 5.97 Å². The van der Waals surface area contributed by atoms with Crippen LogP contribution >= 0.6 is 0 Å². The van der Waals surface area contributed by atoms with Gasteiger partial charge in [-0.15, -0.1) is 0 Å². The molecular formula is C10H18O2. The van der Waals surface area contributed by atoms with Gasteiger partial charge in [-0.25, -0.2) is 0 Å². The average Bonchev–Trinajstić information content (AvgIpc) is 2.05. The van der Waals surface area contributed by atoms with E-state index in [-0.39, 0.29) is 12.1 Å². The fraction of sp³-hybridized carbons (Fsp3) is 0.900. The highest BCUT2D eigenvalue weighted by atomic mass is 16.5. The number of rotatable bonds is 2. The minimum Gasteiger partial charge on any atom is -0.463 e. The van der Waals surface area contributed by atoms with Gasteiger partial charge in [0.05, 0.1) is 0 Å². The van der Waals surface area contributed by atoms with Crippen LogP contribution in [0.4, 0.5) is 0 Å². The highest BCUT2D eigenvalue weighted by molar-refractivity contribution is 5.66. The van der Waals surface area contributed by atoms with Crippen LogP contribution in [0, 0.1) is 5.92 Å². The Morgan fingerprint density at radius 2 is 1.92 bits per heavy atom. The lowest BCUT2D eigenvalue weighted by atomic mass is 9.86. The minimum absolute atomic E-state index is 0.128. The van der Waals surface area contributed by atoms with Crippen molar-refractivity contribution in [1.29, 1.82) is 0 Å². The molecule has 2 nitrogen and oxygen atoms in total. The molecule has 0 N–H and O–H groups in total. The van der Waals surface area contributed by atoms with Crippen molar-refractivity contribution in [2.45, 2.75) is 52.1 Å². The average molecular weight is 170 g/mol. The molecule has 1 aliphatic carbocycles. The first-order valence-electron chi connectivity index (χ1n) is 4.87. The van der Waals surface area contributed by atoms with Crippen molar-refractivity contribution < 1.29 is 9.53 Å². The molecule has 0 amide bonds. The third-order valence-electron chi connectivity index (χ3n) is 2.67. The molecule has 1 fully saturated rings. The fourth-order valence-corrected chi connectivity index (χ4v) is 1.96. The molecular weight excluding hydrogens is 152 g/mol. The van der Waals surface area contributed by atoms with Crippen LogP contribution < -0.4 is 0 Å². The van der Waals surface area contributed by atoms with E-state index in [2.05, 4.69) is 0 Å². The molecule has 0 spiro atoms. The Balaban J connectivity index is 2.29. The van der Waals surface area contributed by atoms with Gasteiger partial charge in [0.2, 0.25) is 0 Å². The Kier molecular flexibility index (Phi) is 3.57. The van der Waals surface area contributed by atoms with Gasteiger partial charge in [0, 0.05) is 6.92 Å². The van der Waals surface area contributed by atoms with Gasteiger partial charge in [-0.05, 0) is 25.7 Å². The maximum Gasteiger partial charge on any atom is 0.302 e. The Morgan fingerprint density at radius 1 is 1.33 bits per heavy atom. The highest BCUT2D eigenvalue weighted by Gasteiger charge is 2.21. The number of hydrogen-bond donors (Lipinski definition) is 0. The summed E-state index contributed by atoms with van der Waals surface area (Å²) in [7, 11) is 0. The maximum absolute atomic E-state index is 10.7. The van der Waals surface area contributed by atoms with E-state index in [1.165, 1.54) is 39.0 Å². The van der Waals surface area contributed by atoms with Crippen molar-refractivity contribution in [1.82, 2.24) is 0 Å². The van der Waals surface area contributed by atoms with Crippen LogP contribution in [0.25, 0.3) is 0 Å². The second kappa shape index (κ2) is 4.48. The summed E-state index contributed by atoms with van der Waals surface area (Å²) in [5, 5.41) is 0. The second-order valence-electron chi connectivity index (χ2n) is 3.71. The monoisotopic (exact) mass is 170 g/mol. The Morgan fingerprint density at radius 3 is 2.42 bits per heavy atom. The molecule has 0 aliphatic heterocycles. The van der Waals surface area contributed by atoms with E-state index in [0.717, 1.165) is 0 Å². The number of hydrogen-bond acceptors (Lipinski definition) is 2. The Bertz CT molecular complexity index is 148. The van der Waals surface area contributed by atoms with E-state index in [4.69, 9.17) is 4.74 Å². The molecule has 0 aromatic rings. The first kappa shape index (κ1) is 9.56. The first-order valence-corrected chi connectivity index (χ1v) is 4.87. The summed E-state index contributed by atoms with van der Waals surface area (Å²) in [5.41, 5.74) is 0. The first-order chi connectivity index (χ1) is 5.70. The number of carbonyl (C=O) groups is 1. The zero-order valence-corrected chi connectivity index (χ0v) is 8.01. The summed E-state index contributed by atoms with van der Waals surface area (Å²) in [6.45, 7) is 3.50. The lowest BCUT2D eigenvalue weighted by molar-refractivity contribution is -0.148. The summed E-state index contributed by atoms with van der Waals surface area (Å²) < 4.78 is 5.15. The SMILES string of the molecule is CC(=O)O[C@H](C)C1CCCCC1. The van der Waals surface area contributed by atoms with Gasteiger partial charge in [-0.2, -0.15) is 0 Å². The fourth-order valence-electron chi connectivity index (χ4n) is 1.96. The van der Waals surface area contributed by atoms with Crippen LogP contribution in [0.5, 0.6) is 0 Å². The number of carbonyl (C=O) groups excluding carboxylic acids is 1. The van der Waals surface area contributed by atoms with Crippen molar-refractivity contribution in [3.05, 3.63) is 0 Å². The van der Waals surface area contributed by atoms with Crippen LogP contribution in [0.3, 0.4) is 0 Å². The van der Waals surface area contributed by atoms with Gasteiger partial charge >= 0.3 is 5.97 Å². The van der Waals surface area contributed by atoms with Gasteiger partial charge in [0.25, 0.3) is 0 Å². The third kappa shape index (κ3) is 2.84. The van der Waals surface area contributed by atoms with E-state index in [0.29, 0.717) is 5.92 Å². The van der Waals surface area contributed by atoms with E-state index >= 15 is 0 Å². The summed E-state index contributed by atoms with van der Waals surface area (Å²) >= 11 is 0. The normalized spacial score (nSPS) is 21.8. The van der Waals surface area contributed by atoms with Crippen LogP contribution in [0.1, 0.15) is 46.0 Å². The topological polar surface area (TPSA) is 26.3 Å². The predicted molar refractivity (Wildman–Crippen MR) is 47.8 cm³/mol. The summed E-state index contributed by atoms with van der Waals surface area (Å²) in [4.78, 5) is 10.7.